The van der Waals surface area contributed by atoms with Crippen molar-refractivity contribution >= 4 is 45.9 Å². The lowest BCUT2D eigenvalue weighted by molar-refractivity contribution is 0.496. The average Bonchev–Trinajstić information content (AvgIpc) is 1.62. The Bertz CT molecular complexity index is 151. The predicted octanol–water partition coefficient (Wildman–Crippen LogP) is 2.01. The summed E-state index contributed by atoms with van der Waals surface area (Å²) in [5.41, 5.74) is 0. The van der Waals surface area contributed by atoms with Gasteiger partial charge in [-0.05, 0) is 24.9 Å². The highest BCUT2D eigenvalue weighted by atomic mass is 35.6. The molecule has 62 valence electrons. The Balaban J connectivity index is 4.57. The summed E-state index contributed by atoms with van der Waals surface area (Å²) in [6, 6.07) is 0. The van der Waals surface area contributed by atoms with Crippen molar-refractivity contribution < 1.29 is 8.76 Å². The second-order valence-electron chi connectivity index (χ2n) is 2.24. The molecule has 0 aromatic rings. The van der Waals surface area contributed by atoms with Crippen LogP contribution >= 0.6 is 34.8 Å². The normalized spacial score (nSPS) is 17.0. The molecular formula is C4H6Cl3O2S-. The quantitative estimate of drug-likeness (QED) is 0.505. The zero-order valence-electron chi connectivity index (χ0n) is 5.36. The molecule has 0 fully saturated rings. The minimum atomic E-state index is -2.39. The highest BCUT2D eigenvalue weighted by Crippen LogP contribution is 2.40. The Morgan fingerprint density at radius 2 is 1.60 bits per heavy atom. The summed E-state index contributed by atoms with van der Waals surface area (Å²) in [5, 5.41) is 0. The van der Waals surface area contributed by atoms with Crippen LogP contribution < -0.4 is 0 Å². The molecule has 0 aliphatic heterocycles. The lowest BCUT2D eigenvalue weighted by Crippen LogP contribution is -2.40. The van der Waals surface area contributed by atoms with E-state index in [0.29, 0.717) is 0 Å². The molecule has 6 heteroatoms. The first-order valence-corrected chi connectivity index (χ1v) is 4.56. The van der Waals surface area contributed by atoms with E-state index in [1.807, 2.05) is 0 Å². The van der Waals surface area contributed by atoms with Gasteiger partial charge >= 0.3 is 0 Å². The van der Waals surface area contributed by atoms with E-state index in [1.54, 1.807) is 0 Å². The average molecular weight is 225 g/mol. The maximum atomic E-state index is 10.4. The molecule has 0 amide bonds. The summed E-state index contributed by atoms with van der Waals surface area (Å²) in [5.74, 6) is 0. The molecule has 0 radical (unpaired) electrons. The Morgan fingerprint density at radius 3 is 1.60 bits per heavy atom. The fourth-order valence-corrected chi connectivity index (χ4v) is 0.850. The number of halogens is 3. The van der Waals surface area contributed by atoms with Gasteiger partial charge in [0.2, 0.25) is 3.79 Å². The largest absolute Gasteiger partial charge is 0.772 e. The summed E-state index contributed by atoms with van der Waals surface area (Å²) < 4.78 is 17.7. The topological polar surface area (TPSA) is 40.1 Å². The maximum absolute atomic E-state index is 10.4. The predicted molar refractivity (Wildman–Crippen MR) is 43.3 cm³/mol. The molecule has 1 unspecified atom stereocenters. The van der Waals surface area contributed by atoms with Gasteiger partial charge in [-0.15, -0.1) is 0 Å². The summed E-state index contributed by atoms with van der Waals surface area (Å²) in [7, 11) is 0. The van der Waals surface area contributed by atoms with Gasteiger partial charge in [-0.25, -0.2) is 0 Å². The van der Waals surface area contributed by atoms with Gasteiger partial charge in [-0.1, -0.05) is 34.8 Å². The molecule has 1 atom stereocenters. The Kier molecular flexibility index (Phi) is 3.46. The third kappa shape index (κ3) is 2.24. The third-order valence-corrected chi connectivity index (χ3v) is 3.99. The monoisotopic (exact) mass is 223 g/mol. The second-order valence-corrected chi connectivity index (χ2v) is 6.01. The van der Waals surface area contributed by atoms with Gasteiger partial charge < -0.3 is 4.55 Å². The second kappa shape index (κ2) is 3.15. The zero-order chi connectivity index (χ0) is 8.58. The fraction of sp³-hybridized carbons (Fsp3) is 1.00. The highest BCUT2D eigenvalue weighted by molar-refractivity contribution is 7.81. The summed E-state index contributed by atoms with van der Waals surface area (Å²) in [6.07, 6.45) is 0. The van der Waals surface area contributed by atoms with Gasteiger partial charge in [-0.2, -0.15) is 0 Å². The van der Waals surface area contributed by atoms with Crippen molar-refractivity contribution in [3.8, 4) is 0 Å². The minimum absolute atomic E-state index is 1.34. The van der Waals surface area contributed by atoms with Crippen molar-refractivity contribution in [1.29, 1.82) is 0 Å². The smallest absolute Gasteiger partial charge is 0.205 e. The summed E-state index contributed by atoms with van der Waals surface area (Å²) in [4.78, 5) is 0. The summed E-state index contributed by atoms with van der Waals surface area (Å²) in [6.45, 7) is 2.67. The highest BCUT2D eigenvalue weighted by Gasteiger charge is 2.41. The van der Waals surface area contributed by atoms with E-state index < -0.39 is 19.6 Å². The summed E-state index contributed by atoms with van der Waals surface area (Å²) >= 11 is 13.7. The van der Waals surface area contributed by atoms with Crippen molar-refractivity contribution in [2.75, 3.05) is 0 Å². The SMILES string of the molecule is CC(C)(S(=O)[O-])C(Cl)(Cl)Cl. The molecule has 0 saturated carbocycles. The first-order chi connectivity index (χ1) is 4.19. The molecule has 0 rings (SSSR count). The Labute approximate surface area is 77.1 Å². The number of hydrogen-bond donors (Lipinski definition) is 0. The maximum Gasteiger partial charge on any atom is 0.205 e. The molecule has 0 N–H and O–H groups in total. The molecule has 0 aromatic carbocycles. The van der Waals surface area contributed by atoms with E-state index in [0.717, 1.165) is 0 Å². The molecule has 10 heavy (non-hydrogen) atoms. The van der Waals surface area contributed by atoms with E-state index in [1.165, 1.54) is 13.8 Å². The van der Waals surface area contributed by atoms with E-state index in [4.69, 9.17) is 34.8 Å². The van der Waals surface area contributed by atoms with E-state index >= 15 is 0 Å². The third-order valence-electron chi connectivity index (χ3n) is 1.10. The van der Waals surface area contributed by atoms with Gasteiger partial charge in [0, 0.05) is 0 Å². The minimum Gasteiger partial charge on any atom is -0.772 e. The van der Waals surface area contributed by atoms with Crippen LogP contribution in [0.2, 0.25) is 0 Å². The van der Waals surface area contributed by atoms with Crippen LogP contribution in [0.5, 0.6) is 0 Å². The van der Waals surface area contributed by atoms with Crippen molar-refractivity contribution in [2.24, 2.45) is 0 Å². The van der Waals surface area contributed by atoms with Gasteiger partial charge in [0.1, 0.15) is 0 Å². The Hall–Kier alpha value is 0.980. The van der Waals surface area contributed by atoms with Crippen LogP contribution in [0.25, 0.3) is 0 Å². The van der Waals surface area contributed by atoms with Crippen LogP contribution in [0.1, 0.15) is 13.8 Å². The van der Waals surface area contributed by atoms with Gasteiger partial charge in [0.05, 0.1) is 4.75 Å². The van der Waals surface area contributed by atoms with E-state index in [2.05, 4.69) is 0 Å². The molecule has 0 aliphatic carbocycles. The van der Waals surface area contributed by atoms with Gasteiger partial charge in [0.15, 0.2) is 0 Å². The van der Waals surface area contributed by atoms with Crippen LogP contribution in [-0.2, 0) is 11.1 Å². The molecule has 0 saturated heterocycles. The molecule has 0 heterocycles. The van der Waals surface area contributed by atoms with Gasteiger partial charge in [-0.3, -0.25) is 4.21 Å². The van der Waals surface area contributed by atoms with Crippen molar-refractivity contribution in [1.82, 2.24) is 0 Å². The van der Waals surface area contributed by atoms with Gasteiger partial charge in [0.25, 0.3) is 0 Å². The van der Waals surface area contributed by atoms with E-state index in [9.17, 15) is 8.76 Å². The lowest BCUT2D eigenvalue weighted by Gasteiger charge is -2.33. The first kappa shape index (κ1) is 11.0. The van der Waals surface area contributed by atoms with Crippen LogP contribution in [-0.4, -0.2) is 17.3 Å². The van der Waals surface area contributed by atoms with Crippen LogP contribution in [0, 0.1) is 0 Å². The van der Waals surface area contributed by atoms with Crippen molar-refractivity contribution in [3.05, 3.63) is 0 Å². The standard InChI is InChI=1S/C4H7Cl3O2S/c1-3(2,10(8)9)4(5,6)7/h1-2H3,(H,8,9)/p-1. The molecule has 0 bridgehead atoms. The fourth-order valence-electron chi connectivity index (χ4n) is 0.0945. The zero-order valence-corrected chi connectivity index (χ0v) is 8.44. The van der Waals surface area contributed by atoms with Crippen LogP contribution in [0.3, 0.4) is 0 Å². The number of hydrogen-bond acceptors (Lipinski definition) is 2. The Morgan fingerprint density at radius 1 is 1.30 bits per heavy atom. The van der Waals surface area contributed by atoms with Crippen LogP contribution in [0.15, 0.2) is 0 Å². The lowest BCUT2D eigenvalue weighted by atomic mass is 10.2. The molecule has 0 aromatic heterocycles. The molecular weight excluding hydrogens is 218 g/mol. The van der Waals surface area contributed by atoms with Crippen LogP contribution in [0.4, 0.5) is 0 Å². The molecule has 0 spiro atoms. The number of alkyl halides is 3. The first-order valence-electron chi connectivity index (χ1n) is 2.35. The van der Waals surface area contributed by atoms with Crippen molar-refractivity contribution in [3.63, 3.8) is 0 Å². The van der Waals surface area contributed by atoms with Crippen molar-refractivity contribution in [2.45, 2.75) is 22.4 Å². The molecule has 0 aliphatic rings. The molecule has 2 nitrogen and oxygen atoms in total. The number of rotatable bonds is 1. The van der Waals surface area contributed by atoms with E-state index in [-0.39, 0.29) is 0 Å².